The van der Waals surface area contributed by atoms with Crippen molar-refractivity contribution >= 4 is 39.3 Å². The van der Waals surface area contributed by atoms with E-state index in [1.807, 2.05) is 23.1 Å². The monoisotopic (exact) mass is 329 g/mol. The van der Waals surface area contributed by atoms with Gasteiger partial charge >= 0.3 is 0 Å². The fourth-order valence-electron chi connectivity index (χ4n) is 1.80. The number of hydrogen-bond donors (Lipinski definition) is 2. The van der Waals surface area contributed by atoms with Crippen LogP contribution in [0.15, 0.2) is 27.6 Å². The summed E-state index contributed by atoms with van der Waals surface area (Å²) in [5.41, 5.74) is 6.61. The van der Waals surface area contributed by atoms with Gasteiger partial charge in [-0.1, -0.05) is 15.9 Å². The van der Waals surface area contributed by atoms with Crippen LogP contribution < -0.4 is 11.1 Å². The molecule has 0 saturated carbocycles. The Kier molecular flexibility index (Phi) is 4.91. The van der Waals surface area contributed by atoms with Gasteiger partial charge in [-0.05, 0) is 18.2 Å². The molecule has 0 radical (unpaired) electrons. The van der Waals surface area contributed by atoms with Crippen LogP contribution in [0, 0.1) is 0 Å². The minimum atomic E-state index is 0.184. The maximum atomic E-state index is 12.0. The molecule has 0 atom stereocenters. The Morgan fingerprint density at radius 2 is 2.17 bits per heavy atom. The highest BCUT2D eigenvalue weighted by Crippen LogP contribution is 2.27. The first-order valence-corrected chi connectivity index (χ1v) is 7.61. The number of amides is 1. The predicted octanol–water partition coefficient (Wildman–Crippen LogP) is 1.56. The highest BCUT2D eigenvalue weighted by Gasteiger charge is 2.16. The van der Waals surface area contributed by atoms with Gasteiger partial charge in [0.25, 0.3) is 0 Å². The highest BCUT2D eigenvalue weighted by molar-refractivity contribution is 9.10. The summed E-state index contributed by atoms with van der Waals surface area (Å²) in [5.74, 6) is 0.634. The molecule has 4 nitrogen and oxygen atoms in total. The molecular weight excluding hydrogens is 314 g/mol. The van der Waals surface area contributed by atoms with Crippen LogP contribution >= 0.6 is 27.7 Å². The van der Waals surface area contributed by atoms with Crippen LogP contribution in [0.1, 0.15) is 0 Å². The topological polar surface area (TPSA) is 58.4 Å². The number of nitrogens with zero attached hydrogens (tertiary/aromatic N) is 1. The minimum absolute atomic E-state index is 0.184. The Balaban J connectivity index is 1.88. The average Bonchev–Trinajstić information content (AvgIpc) is 2.38. The summed E-state index contributed by atoms with van der Waals surface area (Å²) < 4.78 is 0.956. The summed E-state index contributed by atoms with van der Waals surface area (Å²) in [7, 11) is 0. The fourth-order valence-corrected chi connectivity index (χ4v) is 3.03. The van der Waals surface area contributed by atoms with Gasteiger partial charge in [0, 0.05) is 41.2 Å². The maximum absolute atomic E-state index is 12.0. The molecule has 0 aromatic heterocycles. The molecule has 1 aliphatic heterocycles. The number of carbonyl (C=O) groups excluding carboxylic acids is 1. The van der Waals surface area contributed by atoms with Crippen LogP contribution in [0.25, 0.3) is 0 Å². The van der Waals surface area contributed by atoms with Gasteiger partial charge in [0.1, 0.15) is 0 Å². The van der Waals surface area contributed by atoms with Crippen LogP contribution in [0.2, 0.25) is 0 Å². The summed E-state index contributed by atoms with van der Waals surface area (Å²) in [6, 6.07) is 5.74. The third-order valence-electron chi connectivity index (χ3n) is 2.79. The Morgan fingerprint density at radius 1 is 1.44 bits per heavy atom. The quantitative estimate of drug-likeness (QED) is 0.652. The highest BCUT2D eigenvalue weighted by atomic mass is 79.9. The average molecular weight is 330 g/mol. The molecule has 1 fully saturated rings. The van der Waals surface area contributed by atoms with Gasteiger partial charge in [0.2, 0.25) is 5.91 Å². The zero-order chi connectivity index (χ0) is 13.0. The minimum Gasteiger partial charge on any atom is -0.398 e. The number of benzene rings is 1. The van der Waals surface area contributed by atoms with E-state index in [0.717, 1.165) is 35.5 Å². The van der Waals surface area contributed by atoms with Gasteiger partial charge in [-0.25, -0.2) is 0 Å². The lowest BCUT2D eigenvalue weighted by atomic mass is 10.3. The van der Waals surface area contributed by atoms with Crippen molar-refractivity contribution in [3.63, 3.8) is 0 Å². The molecule has 2 rings (SSSR count). The zero-order valence-corrected chi connectivity index (χ0v) is 12.4. The first-order valence-electron chi connectivity index (χ1n) is 5.83. The van der Waals surface area contributed by atoms with E-state index in [2.05, 4.69) is 21.2 Å². The number of rotatable bonds is 3. The van der Waals surface area contributed by atoms with E-state index < -0.39 is 0 Å². The van der Waals surface area contributed by atoms with Crippen LogP contribution in [0.4, 0.5) is 5.69 Å². The molecule has 1 amide bonds. The normalized spacial score (nSPS) is 15.7. The van der Waals surface area contributed by atoms with Crippen molar-refractivity contribution in [2.75, 3.05) is 37.7 Å². The SMILES string of the molecule is Nc1cc(Br)ccc1SCC(=O)N1CCNCC1. The van der Waals surface area contributed by atoms with Gasteiger partial charge in [0.05, 0.1) is 5.75 Å². The predicted molar refractivity (Wildman–Crippen MR) is 78.7 cm³/mol. The lowest BCUT2D eigenvalue weighted by Gasteiger charge is -2.27. The van der Waals surface area contributed by atoms with Gasteiger partial charge in [-0.15, -0.1) is 11.8 Å². The van der Waals surface area contributed by atoms with Crippen LogP contribution in [-0.4, -0.2) is 42.7 Å². The zero-order valence-electron chi connectivity index (χ0n) is 9.99. The van der Waals surface area contributed by atoms with E-state index in [-0.39, 0.29) is 5.91 Å². The molecule has 3 N–H and O–H groups in total. The van der Waals surface area contributed by atoms with Crippen LogP contribution in [-0.2, 0) is 4.79 Å². The number of halogens is 1. The molecule has 1 aromatic rings. The fraction of sp³-hybridized carbons (Fsp3) is 0.417. The molecule has 0 bridgehead atoms. The largest absolute Gasteiger partial charge is 0.398 e. The van der Waals surface area contributed by atoms with Crippen molar-refractivity contribution in [2.24, 2.45) is 0 Å². The van der Waals surface area contributed by atoms with Crippen LogP contribution in [0.5, 0.6) is 0 Å². The number of hydrogen-bond acceptors (Lipinski definition) is 4. The Morgan fingerprint density at radius 3 is 2.83 bits per heavy atom. The number of thioether (sulfide) groups is 1. The summed E-state index contributed by atoms with van der Waals surface area (Å²) in [4.78, 5) is 14.8. The summed E-state index contributed by atoms with van der Waals surface area (Å²) >= 11 is 4.87. The maximum Gasteiger partial charge on any atom is 0.233 e. The van der Waals surface area contributed by atoms with E-state index in [0.29, 0.717) is 11.4 Å². The van der Waals surface area contributed by atoms with E-state index >= 15 is 0 Å². The van der Waals surface area contributed by atoms with Gasteiger partial charge in [-0.2, -0.15) is 0 Å². The van der Waals surface area contributed by atoms with Crippen LogP contribution in [0.3, 0.4) is 0 Å². The first-order chi connectivity index (χ1) is 8.66. The number of anilines is 1. The second kappa shape index (κ2) is 6.45. The summed E-state index contributed by atoms with van der Waals surface area (Å²) in [5, 5.41) is 3.23. The van der Waals surface area contributed by atoms with Gasteiger partial charge in [-0.3, -0.25) is 4.79 Å². The molecule has 98 valence electrons. The number of nitrogen functional groups attached to an aromatic ring is 1. The molecule has 6 heteroatoms. The van der Waals surface area contributed by atoms with Crippen molar-refractivity contribution in [3.8, 4) is 0 Å². The van der Waals surface area contributed by atoms with Crippen molar-refractivity contribution < 1.29 is 4.79 Å². The third-order valence-corrected chi connectivity index (χ3v) is 4.36. The molecule has 0 unspecified atom stereocenters. The van der Waals surface area contributed by atoms with E-state index in [9.17, 15) is 4.79 Å². The molecular formula is C12H16BrN3OS. The van der Waals surface area contributed by atoms with Gasteiger partial charge < -0.3 is 16.0 Å². The Labute approximate surface area is 119 Å². The molecule has 1 heterocycles. The number of nitrogens with two attached hydrogens (primary N) is 1. The molecule has 0 aliphatic carbocycles. The molecule has 18 heavy (non-hydrogen) atoms. The molecule has 0 spiro atoms. The standard InChI is InChI=1S/C12H16BrN3OS/c13-9-1-2-11(10(14)7-9)18-8-12(17)16-5-3-15-4-6-16/h1-2,7,15H,3-6,8,14H2. The summed E-state index contributed by atoms with van der Waals surface area (Å²) in [6.45, 7) is 3.37. The lowest BCUT2D eigenvalue weighted by molar-refractivity contribution is -0.128. The Hall–Kier alpha value is -0.720. The number of carbonyl (C=O) groups is 1. The molecule has 1 aromatic carbocycles. The summed E-state index contributed by atoms with van der Waals surface area (Å²) in [6.07, 6.45) is 0. The van der Waals surface area contributed by atoms with Crippen molar-refractivity contribution in [1.29, 1.82) is 0 Å². The number of piperazine rings is 1. The molecule has 1 saturated heterocycles. The van der Waals surface area contributed by atoms with E-state index in [1.54, 1.807) is 0 Å². The third kappa shape index (κ3) is 3.63. The van der Waals surface area contributed by atoms with E-state index in [1.165, 1.54) is 11.8 Å². The second-order valence-corrected chi connectivity index (χ2v) is 6.03. The van der Waals surface area contributed by atoms with Crippen molar-refractivity contribution in [2.45, 2.75) is 4.90 Å². The number of nitrogens with one attached hydrogen (secondary N) is 1. The van der Waals surface area contributed by atoms with E-state index in [4.69, 9.17) is 5.73 Å². The second-order valence-electron chi connectivity index (χ2n) is 4.10. The first kappa shape index (κ1) is 13.7. The molecule has 1 aliphatic rings. The van der Waals surface area contributed by atoms with Crippen molar-refractivity contribution in [1.82, 2.24) is 10.2 Å². The van der Waals surface area contributed by atoms with Gasteiger partial charge in [0.15, 0.2) is 0 Å². The van der Waals surface area contributed by atoms with Crippen molar-refractivity contribution in [3.05, 3.63) is 22.7 Å². The lowest BCUT2D eigenvalue weighted by Crippen LogP contribution is -2.47. The smallest absolute Gasteiger partial charge is 0.233 e. The Bertz CT molecular complexity index is 435.